The number of sulfone groups is 1. The van der Waals surface area contributed by atoms with Crippen molar-refractivity contribution in [2.24, 2.45) is 4.99 Å². The Kier molecular flexibility index (Phi) is 6.79. The van der Waals surface area contributed by atoms with Crippen LogP contribution in [0, 0.1) is 0 Å². The number of benzene rings is 2. The third kappa shape index (κ3) is 5.50. The van der Waals surface area contributed by atoms with Gasteiger partial charge in [0, 0.05) is 31.8 Å². The van der Waals surface area contributed by atoms with E-state index >= 15 is 0 Å². The van der Waals surface area contributed by atoms with Crippen molar-refractivity contribution in [3.8, 4) is 5.75 Å². The van der Waals surface area contributed by atoms with E-state index in [1.165, 1.54) is 11.8 Å². The Balaban J connectivity index is 1.67. The summed E-state index contributed by atoms with van der Waals surface area (Å²) in [6.45, 7) is 5.25. The summed E-state index contributed by atoms with van der Waals surface area (Å²) in [6.07, 6.45) is 2.30. The lowest BCUT2D eigenvalue weighted by atomic mass is 9.98. The largest absolute Gasteiger partial charge is 0.497 e. The molecule has 0 radical (unpaired) electrons. The van der Waals surface area contributed by atoms with Gasteiger partial charge in [-0.1, -0.05) is 24.3 Å². The van der Waals surface area contributed by atoms with Gasteiger partial charge in [-0.25, -0.2) is 13.4 Å². The summed E-state index contributed by atoms with van der Waals surface area (Å²) < 4.78 is 28.5. The molecule has 2 aromatic carbocycles. The molecule has 0 aliphatic carbocycles. The van der Waals surface area contributed by atoms with Crippen molar-refractivity contribution in [2.75, 3.05) is 33.0 Å². The van der Waals surface area contributed by atoms with Gasteiger partial charge in [-0.3, -0.25) is 0 Å². The van der Waals surface area contributed by atoms with Gasteiger partial charge in [0.05, 0.1) is 18.6 Å². The van der Waals surface area contributed by atoms with Crippen LogP contribution in [0.2, 0.25) is 0 Å². The van der Waals surface area contributed by atoms with Crippen molar-refractivity contribution >= 4 is 15.8 Å². The Morgan fingerprint density at radius 1 is 1.17 bits per heavy atom. The number of aliphatic imine (C=N–C) groups is 1. The number of methoxy groups -OCH3 is 1. The zero-order valence-electron chi connectivity index (χ0n) is 17.3. The maximum absolute atomic E-state index is 11.6. The molecule has 1 atom stereocenters. The van der Waals surface area contributed by atoms with Gasteiger partial charge in [-0.2, -0.15) is 0 Å². The molecule has 2 aromatic rings. The molecule has 29 heavy (non-hydrogen) atoms. The fourth-order valence-corrected chi connectivity index (χ4v) is 4.17. The lowest BCUT2D eigenvalue weighted by molar-refractivity contribution is 0.414. The number of guanidine groups is 1. The van der Waals surface area contributed by atoms with Crippen LogP contribution in [-0.4, -0.2) is 52.3 Å². The molecule has 1 aliphatic heterocycles. The average molecular weight is 416 g/mol. The van der Waals surface area contributed by atoms with Crippen molar-refractivity contribution in [3.05, 3.63) is 59.7 Å². The van der Waals surface area contributed by atoms with E-state index in [1.807, 2.05) is 24.3 Å². The van der Waals surface area contributed by atoms with Gasteiger partial charge in [-0.15, -0.1) is 0 Å². The highest BCUT2D eigenvalue weighted by atomic mass is 32.2. The Hall–Kier alpha value is -2.54. The minimum Gasteiger partial charge on any atom is -0.497 e. The van der Waals surface area contributed by atoms with E-state index in [9.17, 15) is 8.42 Å². The SMILES string of the molecule is CCNC(=NCc1ccc(S(C)(=O)=O)cc1)N1CCC(c2ccc(OC)cc2)C1. The highest BCUT2D eigenvalue weighted by Gasteiger charge is 2.26. The van der Waals surface area contributed by atoms with Crippen LogP contribution in [0.5, 0.6) is 5.75 Å². The van der Waals surface area contributed by atoms with Crippen LogP contribution in [0.25, 0.3) is 0 Å². The lowest BCUT2D eigenvalue weighted by Crippen LogP contribution is -2.40. The number of nitrogens with zero attached hydrogens (tertiary/aromatic N) is 2. The van der Waals surface area contributed by atoms with E-state index in [2.05, 4.69) is 29.3 Å². The summed E-state index contributed by atoms with van der Waals surface area (Å²) >= 11 is 0. The van der Waals surface area contributed by atoms with Gasteiger partial charge in [0.15, 0.2) is 15.8 Å². The van der Waals surface area contributed by atoms with Gasteiger partial charge in [-0.05, 0) is 48.7 Å². The second-order valence-corrected chi connectivity index (χ2v) is 9.31. The number of hydrogen-bond donors (Lipinski definition) is 1. The molecular weight excluding hydrogens is 386 g/mol. The molecule has 1 fully saturated rings. The van der Waals surface area contributed by atoms with Crippen molar-refractivity contribution in [1.29, 1.82) is 0 Å². The zero-order chi connectivity index (χ0) is 20.9. The maximum atomic E-state index is 11.6. The quantitative estimate of drug-likeness (QED) is 0.580. The molecule has 1 unspecified atom stereocenters. The third-order valence-corrected chi connectivity index (χ3v) is 6.30. The standard InChI is InChI=1S/C22H29N3O3S/c1-4-23-22(24-15-17-5-11-21(12-6-17)29(3,26)27)25-14-13-19(16-25)18-7-9-20(28-2)10-8-18/h5-12,19H,4,13-16H2,1-3H3,(H,23,24). The number of likely N-dealkylation sites (tertiary alicyclic amines) is 1. The molecule has 1 N–H and O–H groups in total. The summed E-state index contributed by atoms with van der Waals surface area (Å²) in [7, 11) is -1.49. The summed E-state index contributed by atoms with van der Waals surface area (Å²) in [4.78, 5) is 7.40. The molecule has 0 saturated carbocycles. The Labute approximate surface area is 173 Å². The first-order valence-corrected chi connectivity index (χ1v) is 11.8. The van der Waals surface area contributed by atoms with E-state index in [1.54, 1.807) is 19.2 Å². The normalized spacial score (nSPS) is 17.4. The van der Waals surface area contributed by atoms with Crippen LogP contribution in [0.3, 0.4) is 0 Å². The molecule has 0 bridgehead atoms. The number of nitrogens with one attached hydrogen (secondary N) is 1. The predicted molar refractivity (Wildman–Crippen MR) is 116 cm³/mol. The average Bonchev–Trinajstić information content (AvgIpc) is 3.21. The van der Waals surface area contributed by atoms with Gasteiger partial charge < -0.3 is 15.0 Å². The first-order valence-electron chi connectivity index (χ1n) is 9.87. The number of ether oxygens (including phenoxy) is 1. The Morgan fingerprint density at radius 3 is 2.45 bits per heavy atom. The summed E-state index contributed by atoms with van der Waals surface area (Å²) in [5, 5.41) is 3.38. The van der Waals surface area contributed by atoms with Crippen LogP contribution >= 0.6 is 0 Å². The summed E-state index contributed by atoms with van der Waals surface area (Å²) in [6, 6.07) is 15.2. The predicted octanol–water partition coefficient (Wildman–Crippen LogP) is 3.05. The van der Waals surface area contributed by atoms with Gasteiger partial charge in [0.1, 0.15) is 5.75 Å². The number of rotatable bonds is 6. The second-order valence-electron chi connectivity index (χ2n) is 7.29. The van der Waals surface area contributed by atoms with Crippen molar-refractivity contribution < 1.29 is 13.2 Å². The maximum Gasteiger partial charge on any atom is 0.194 e. The molecule has 0 spiro atoms. The topological polar surface area (TPSA) is 71.0 Å². The van der Waals surface area contributed by atoms with Crippen LogP contribution < -0.4 is 10.1 Å². The molecule has 7 heteroatoms. The fourth-order valence-electron chi connectivity index (χ4n) is 3.53. The van der Waals surface area contributed by atoms with E-state index < -0.39 is 9.84 Å². The molecule has 1 heterocycles. The van der Waals surface area contributed by atoms with Crippen molar-refractivity contribution in [2.45, 2.75) is 30.7 Å². The van der Waals surface area contributed by atoms with E-state index in [4.69, 9.17) is 9.73 Å². The van der Waals surface area contributed by atoms with E-state index in [-0.39, 0.29) is 0 Å². The third-order valence-electron chi connectivity index (χ3n) is 5.17. The Bertz CT molecular complexity index is 938. The molecule has 3 rings (SSSR count). The minimum absolute atomic E-state index is 0.332. The molecule has 0 aromatic heterocycles. The summed E-state index contributed by atoms with van der Waals surface area (Å²) in [5.74, 6) is 2.25. The van der Waals surface area contributed by atoms with Crippen molar-refractivity contribution in [3.63, 3.8) is 0 Å². The van der Waals surface area contributed by atoms with Gasteiger partial charge >= 0.3 is 0 Å². The first-order chi connectivity index (χ1) is 13.9. The molecule has 1 saturated heterocycles. The van der Waals surface area contributed by atoms with Crippen LogP contribution in [0.1, 0.15) is 30.4 Å². The Morgan fingerprint density at radius 2 is 1.86 bits per heavy atom. The minimum atomic E-state index is -3.17. The molecule has 0 amide bonds. The van der Waals surface area contributed by atoms with E-state index in [0.717, 1.165) is 43.3 Å². The smallest absolute Gasteiger partial charge is 0.194 e. The van der Waals surface area contributed by atoms with Gasteiger partial charge in [0.2, 0.25) is 0 Å². The van der Waals surface area contributed by atoms with E-state index in [0.29, 0.717) is 17.4 Å². The number of hydrogen-bond acceptors (Lipinski definition) is 4. The monoisotopic (exact) mass is 415 g/mol. The molecule has 6 nitrogen and oxygen atoms in total. The van der Waals surface area contributed by atoms with Gasteiger partial charge in [0.25, 0.3) is 0 Å². The molecule has 156 valence electrons. The van der Waals surface area contributed by atoms with Crippen LogP contribution in [0.4, 0.5) is 0 Å². The van der Waals surface area contributed by atoms with Crippen molar-refractivity contribution in [1.82, 2.24) is 10.2 Å². The fraction of sp³-hybridized carbons (Fsp3) is 0.409. The first kappa shape index (κ1) is 21.2. The summed E-state index contributed by atoms with van der Waals surface area (Å²) in [5.41, 5.74) is 2.30. The lowest BCUT2D eigenvalue weighted by Gasteiger charge is -2.22. The van der Waals surface area contributed by atoms with Crippen LogP contribution in [-0.2, 0) is 16.4 Å². The molecular formula is C22H29N3O3S. The molecule has 1 aliphatic rings. The zero-order valence-corrected chi connectivity index (χ0v) is 18.1. The highest BCUT2D eigenvalue weighted by molar-refractivity contribution is 7.90. The second kappa shape index (κ2) is 9.31. The van der Waals surface area contributed by atoms with Crippen LogP contribution in [0.15, 0.2) is 58.4 Å². The highest BCUT2D eigenvalue weighted by Crippen LogP contribution is 2.28.